The second kappa shape index (κ2) is 10.4. The van der Waals surface area contributed by atoms with Gasteiger partial charge in [0.25, 0.3) is 0 Å². The van der Waals surface area contributed by atoms with Gasteiger partial charge in [0.2, 0.25) is 0 Å². The van der Waals surface area contributed by atoms with E-state index in [1.165, 1.54) is 0 Å². The maximum absolute atomic E-state index is 13.0. The molecule has 0 bridgehead atoms. The van der Waals surface area contributed by atoms with Gasteiger partial charge >= 0.3 is 11.9 Å². The predicted molar refractivity (Wildman–Crippen MR) is 122 cm³/mol. The van der Waals surface area contributed by atoms with Crippen molar-refractivity contribution >= 4 is 11.9 Å². The maximum Gasteiger partial charge on any atom is 0.311 e. The number of carbonyl (C=O) groups is 2. The van der Waals surface area contributed by atoms with E-state index in [1.54, 1.807) is 0 Å². The molecule has 6 nitrogen and oxygen atoms in total. The molecule has 1 heterocycles. The van der Waals surface area contributed by atoms with Crippen LogP contribution in [-0.4, -0.2) is 46.6 Å². The molecule has 0 amide bonds. The third-order valence-electron chi connectivity index (χ3n) is 8.77. The number of hydrogen-bond acceptors (Lipinski definition) is 6. The van der Waals surface area contributed by atoms with E-state index in [0.717, 1.165) is 38.5 Å². The van der Waals surface area contributed by atoms with Gasteiger partial charge in [0, 0.05) is 12.3 Å². The summed E-state index contributed by atoms with van der Waals surface area (Å²) in [6, 6.07) is 0. The summed E-state index contributed by atoms with van der Waals surface area (Å²) >= 11 is 0. The fourth-order valence-electron chi connectivity index (χ4n) is 6.26. The Balaban J connectivity index is 1.77. The summed E-state index contributed by atoms with van der Waals surface area (Å²) in [5.74, 6) is 1.29. The maximum atomic E-state index is 13.0. The Morgan fingerprint density at radius 2 is 1.94 bits per heavy atom. The first-order chi connectivity index (χ1) is 15.0. The molecule has 6 heteroatoms. The third kappa shape index (κ3) is 5.85. The van der Waals surface area contributed by atoms with Gasteiger partial charge in [-0.2, -0.15) is 0 Å². The predicted octanol–water partition coefficient (Wildman–Crippen LogP) is 4.25. The van der Waals surface area contributed by atoms with Crippen molar-refractivity contribution in [3.63, 3.8) is 0 Å². The Hall–Kier alpha value is -1.14. The molecule has 0 aromatic rings. The molecule has 3 fully saturated rings. The van der Waals surface area contributed by atoms with E-state index in [9.17, 15) is 19.8 Å². The van der Waals surface area contributed by atoms with E-state index in [-0.39, 0.29) is 42.4 Å². The van der Waals surface area contributed by atoms with Gasteiger partial charge in [-0.1, -0.05) is 20.3 Å². The molecule has 3 aliphatic rings. The first kappa shape index (κ1) is 25.5. The van der Waals surface area contributed by atoms with Crippen LogP contribution in [0.5, 0.6) is 0 Å². The van der Waals surface area contributed by atoms with E-state index in [1.807, 2.05) is 27.7 Å². The molecule has 3 rings (SSSR count). The molecule has 1 saturated heterocycles. The number of fused-ring (bicyclic) bond motifs is 1. The second-order valence-electron chi connectivity index (χ2n) is 11.5. The molecule has 0 spiro atoms. The molecule has 184 valence electrons. The molecule has 2 N–H and O–H groups in total. The van der Waals surface area contributed by atoms with E-state index in [4.69, 9.17) is 9.47 Å². The lowest BCUT2D eigenvalue weighted by Gasteiger charge is -2.51. The fraction of sp³-hybridized carbons (Fsp3) is 0.923. The van der Waals surface area contributed by atoms with Crippen LogP contribution in [0.25, 0.3) is 0 Å². The highest BCUT2D eigenvalue weighted by Crippen LogP contribution is 2.51. The van der Waals surface area contributed by atoms with Crippen molar-refractivity contribution in [2.45, 2.75) is 117 Å². The molecule has 1 aliphatic heterocycles. The molecule has 0 aromatic heterocycles. The highest BCUT2D eigenvalue weighted by molar-refractivity contribution is 5.76. The second-order valence-corrected chi connectivity index (χ2v) is 11.5. The van der Waals surface area contributed by atoms with Crippen LogP contribution in [0.4, 0.5) is 0 Å². The summed E-state index contributed by atoms with van der Waals surface area (Å²) in [7, 11) is 0. The molecule has 0 aromatic carbocycles. The summed E-state index contributed by atoms with van der Waals surface area (Å²) in [6.07, 6.45) is 5.47. The summed E-state index contributed by atoms with van der Waals surface area (Å²) < 4.78 is 11.7. The molecule has 1 unspecified atom stereocenters. The Bertz CT molecular complexity index is 659. The number of esters is 2. The van der Waals surface area contributed by atoms with Crippen LogP contribution in [0.3, 0.4) is 0 Å². The van der Waals surface area contributed by atoms with Crippen LogP contribution in [0.2, 0.25) is 0 Å². The zero-order chi connectivity index (χ0) is 23.6. The highest BCUT2D eigenvalue weighted by atomic mass is 16.6. The van der Waals surface area contributed by atoms with Gasteiger partial charge < -0.3 is 19.7 Å². The summed E-state index contributed by atoms with van der Waals surface area (Å²) in [5, 5.41) is 20.3. The van der Waals surface area contributed by atoms with Gasteiger partial charge in [-0.3, -0.25) is 9.59 Å². The van der Waals surface area contributed by atoms with E-state index in [2.05, 4.69) is 6.92 Å². The Kier molecular flexibility index (Phi) is 8.30. The number of cyclic esters (lactones) is 1. The minimum absolute atomic E-state index is 0.0903. The Morgan fingerprint density at radius 1 is 1.22 bits per heavy atom. The first-order valence-corrected chi connectivity index (χ1v) is 12.8. The van der Waals surface area contributed by atoms with Crippen molar-refractivity contribution in [1.82, 2.24) is 0 Å². The number of hydrogen-bond donors (Lipinski definition) is 2. The topological polar surface area (TPSA) is 93.1 Å². The van der Waals surface area contributed by atoms with Gasteiger partial charge in [-0.05, 0) is 83.0 Å². The van der Waals surface area contributed by atoms with E-state index < -0.39 is 17.6 Å². The average Bonchev–Trinajstić information content (AvgIpc) is 2.72. The SMILES string of the molecule is CCC(C)(C)C(=O)O[C@H]1C[C@@H](C(C)O)C[C@@H]2CC[C@H](C)[C@H](CC[C@@H]3C[C@@H](O)CC(=O)O3)[C@@H]21. The van der Waals surface area contributed by atoms with Gasteiger partial charge in [0.05, 0.1) is 24.0 Å². The van der Waals surface area contributed by atoms with Crippen LogP contribution >= 0.6 is 0 Å². The normalized spacial score (nSPS) is 39.0. The van der Waals surface area contributed by atoms with Crippen molar-refractivity contribution in [3.8, 4) is 0 Å². The Labute approximate surface area is 193 Å². The lowest BCUT2D eigenvalue weighted by molar-refractivity contribution is -0.176. The van der Waals surface area contributed by atoms with Gasteiger partial charge in [-0.25, -0.2) is 0 Å². The molecule has 0 radical (unpaired) electrons. The number of carbonyl (C=O) groups excluding carboxylic acids is 2. The third-order valence-corrected chi connectivity index (χ3v) is 8.77. The smallest absolute Gasteiger partial charge is 0.311 e. The van der Waals surface area contributed by atoms with E-state index in [0.29, 0.717) is 30.6 Å². The van der Waals surface area contributed by atoms with Crippen molar-refractivity contribution < 1.29 is 29.3 Å². The van der Waals surface area contributed by atoms with Crippen molar-refractivity contribution in [2.24, 2.45) is 35.0 Å². The molecule has 2 saturated carbocycles. The zero-order valence-electron chi connectivity index (χ0n) is 20.6. The largest absolute Gasteiger partial charge is 0.462 e. The molecular formula is C26H44O6. The quantitative estimate of drug-likeness (QED) is 0.561. The summed E-state index contributed by atoms with van der Waals surface area (Å²) in [5.41, 5.74) is -0.518. The zero-order valence-corrected chi connectivity index (χ0v) is 20.6. The molecular weight excluding hydrogens is 408 g/mol. The van der Waals surface area contributed by atoms with Crippen molar-refractivity contribution in [3.05, 3.63) is 0 Å². The fourth-order valence-corrected chi connectivity index (χ4v) is 6.26. The standard InChI is InChI=1S/C26H44O6/c1-6-26(4,5)25(30)32-22-12-18(16(3)27)11-17-8-7-15(2)21(24(17)22)10-9-20-13-19(28)14-23(29)31-20/h15-22,24,27-28H,6-14H2,1-5H3/t15-,16?,17-,18-,19+,20+,21-,22-,24+/m0/s1. The van der Waals surface area contributed by atoms with Gasteiger partial charge in [0.15, 0.2) is 0 Å². The average molecular weight is 453 g/mol. The van der Waals surface area contributed by atoms with Crippen molar-refractivity contribution in [2.75, 3.05) is 0 Å². The Morgan fingerprint density at radius 3 is 2.56 bits per heavy atom. The van der Waals surface area contributed by atoms with E-state index >= 15 is 0 Å². The van der Waals surface area contributed by atoms with Crippen LogP contribution in [0.15, 0.2) is 0 Å². The van der Waals surface area contributed by atoms with Gasteiger partial charge in [0.1, 0.15) is 12.2 Å². The minimum Gasteiger partial charge on any atom is -0.462 e. The lowest BCUT2D eigenvalue weighted by Crippen LogP contribution is -2.50. The van der Waals surface area contributed by atoms with Crippen LogP contribution in [0, 0.1) is 35.0 Å². The minimum atomic E-state index is -0.607. The first-order valence-electron chi connectivity index (χ1n) is 12.8. The van der Waals surface area contributed by atoms with Gasteiger partial charge in [-0.15, -0.1) is 0 Å². The van der Waals surface area contributed by atoms with Crippen LogP contribution in [0.1, 0.15) is 92.4 Å². The molecule has 32 heavy (non-hydrogen) atoms. The number of ether oxygens (including phenoxy) is 2. The van der Waals surface area contributed by atoms with Crippen molar-refractivity contribution in [1.29, 1.82) is 0 Å². The number of aliphatic hydroxyl groups is 2. The lowest BCUT2D eigenvalue weighted by atomic mass is 9.57. The summed E-state index contributed by atoms with van der Waals surface area (Å²) in [6.45, 7) is 10.0. The van der Waals surface area contributed by atoms with Crippen LogP contribution < -0.4 is 0 Å². The molecule has 9 atom stereocenters. The summed E-state index contributed by atoms with van der Waals surface area (Å²) in [4.78, 5) is 24.8. The monoisotopic (exact) mass is 452 g/mol. The van der Waals surface area contributed by atoms with Crippen LogP contribution in [-0.2, 0) is 19.1 Å². The highest BCUT2D eigenvalue weighted by Gasteiger charge is 2.49. The number of aliphatic hydroxyl groups excluding tert-OH is 2. The number of rotatable bonds is 7. The molecule has 2 aliphatic carbocycles.